The molecule has 0 bridgehead atoms. The standard InChI is InChI=1S/C9H7F3O2/c1-13-6-2-4-7(5-3-6)14-9(12)8(10)11/h2-5H,1H3. The lowest BCUT2D eigenvalue weighted by Crippen LogP contribution is -1.90. The van der Waals surface area contributed by atoms with Gasteiger partial charge in [0, 0.05) is 0 Å². The molecule has 0 spiro atoms. The molecule has 0 aliphatic carbocycles. The normalized spacial score (nSPS) is 9.43. The minimum absolute atomic E-state index is 0.0175. The van der Waals surface area contributed by atoms with Crippen molar-refractivity contribution in [1.29, 1.82) is 0 Å². The number of hydrogen-bond donors (Lipinski definition) is 0. The molecule has 14 heavy (non-hydrogen) atoms. The summed E-state index contributed by atoms with van der Waals surface area (Å²) in [5.74, 6) is 0.513. The molecule has 1 rings (SSSR count). The molecule has 0 amide bonds. The zero-order chi connectivity index (χ0) is 10.6. The van der Waals surface area contributed by atoms with E-state index < -0.39 is 12.1 Å². The van der Waals surface area contributed by atoms with Gasteiger partial charge >= 0.3 is 12.1 Å². The fourth-order valence-electron chi connectivity index (χ4n) is 0.786. The van der Waals surface area contributed by atoms with Crippen LogP contribution < -0.4 is 9.47 Å². The lowest BCUT2D eigenvalue weighted by Gasteiger charge is -2.02. The Morgan fingerprint density at radius 3 is 1.93 bits per heavy atom. The highest BCUT2D eigenvalue weighted by molar-refractivity contribution is 5.31. The largest absolute Gasteiger partial charge is 0.497 e. The average Bonchev–Trinajstić information content (AvgIpc) is 2.19. The van der Waals surface area contributed by atoms with Gasteiger partial charge in [0.2, 0.25) is 0 Å². The Morgan fingerprint density at radius 1 is 1.00 bits per heavy atom. The zero-order valence-corrected chi connectivity index (χ0v) is 7.26. The number of benzene rings is 1. The van der Waals surface area contributed by atoms with Crippen molar-refractivity contribution in [2.24, 2.45) is 0 Å². The molecule has 0 saturated carbocycles. The Hall–Kier alpha value is -1.65. The summed E-state index contributed by atoms with van der Waals surface area (Å²) in [5, 5.41) is 0. The SMILES string of the molecule is COc1ccc(OC(F)=C(F)F)cc1. The van der Waals surface area contributed by atoms with Crippen molar-refractivity contribution in [1.82, 2.24) is 0 Å². The van der Waals surface area contributed by atoms with E-state index in [2.05, 4.69) is 4.74 Å². The van der Waals surface area contributed by atoms with Gasteiger partial charge in [-0.3, -0.25) is 0 Å². The van der Waals surface area contributed by atoms with Crippen LogP contribution in [0.4, 0.5) is 13.2 Å². The maximum absolute atomic E-state index is 12.3. The maximum Gasteiger partial charge on any atom is 0.344 e. The van der Waals surface area contributed by atoms with Crippen LogP contribution in [-0.2, 0) is 0 Å². The molecule has 1 aromatic rings. The second-order valence-corrected chi connectivity index (χ2v) is 2.31. The van der Waals surface area contributed by atoms with Crippen molar-refractivity contribution in [3.05, 3.63) is 36.4 Å². The second-order valence-electron chi connectivity index (χ2n) is 2.31. The Labute approximate surface area is 78.6 Å². The Kier molecular flexibility index (Phi) is 3.39. The molecule has 0 fully saturated rings. The number of rotatable bonds is 3. The third kappa shape index (κ3) is 2.69. The summed E-state index contributed by atoms with van der Waals surface area (Å²) in [6.07, 6.45) is -2.49. The molecular formula is C9H7F3O2. The molecule has 0 aliphatic rings. The molecular weight excluding hydrogens is 197 g/mol. The molecule has 0 atom stereocenters. The van der Waals surface area contributed by atoms with Gasteiger partial charge in [0.15, 0.2) is 0 Å². The van der Waals surface area contributed by atoms with Crippen molar-refractivity contribution >= 4 is 0 Å². The van der Waals surface area contributed by atoms with Crippen molar-refractivity contribution in [3.8, 4) is 11.5 Å². The van der Waals surface area contributed by atoms with Gasteiger partial charge in [-0.05, 0) is 24.3 Å². The van der Waals surface area contributed by atoms with Crippen molar-refractivity contribution in [2.45, 2.75) is 0 Å². The molecule has 0 saturated heterocycles. The highest BCUT2D eigenvalue weighted by Gasteiger charge is 2.07. The molecule has 0 N–H and O–H groups in total. The highest BCUT2D eigenvalue weighted by Crippen LogP contribution is 2.21. The van der Waals surface area contributed by atoms with Gasteiger partial charge in [-0.2, -0.15) is 13.2 Å². The van der Waals surface area contributed by atoms with Crippen LogP contribution in [0.3, 0.4) is 0 Å². The second kappa shape index (κ2) is 4.55. The van der Waals surface area contributed by atoms with Crippen LogP contribution in [0.1, 0.15) is 0 Å². The van der Waals surface area contributed by atoms with Gasteiger partial charge in [-0.25, -0.2) is 0 Å². The van der Waals surface area contributed by atoms with Gasteiger partial charge in [-0.1, -0.05) is 0 Å². The summed E-state index contributed by atoms with van der Waals surface area (Å²) in [6, 6.07) is 3.69. The van der Waals surface area contributed by atoms with E-state index in [1.54, 1.807) is 0 Å². The fourth-order valence-corrected chi connectivity index (χ4v) is 0.786. The lowest BCUT2D eigenvalue weighted by molar-refractivity contribution is 0.241. The predicted octanol–water partition coefficient (Wildman–Crippen LogP) is 3.11. The molecule has 1 aromatic carbocycles. The summed E-state index contributed by atoms with van der Waals surface area (Å²) in [5.41, 5.74) is 0. The van der Waals surface area contributed by atoms with E-state index in [0.717, 1.165) is 0 Å². The minimum Gasteiger partial charge on any atom is -0.497 e. The Bertz CT molecular complexity index is 328. The van der Waals surface area contributed by atoms with Gasteiger partial charge < -0.3 is 9.47 Å². The van der Waals surface area contributed by atoms with Crippen LogP contribution in [0.5, 0.6) is 11.5 Å². The molecule has 0 heterocycles. The average molecular weight is 204 g/mol. The third-order valence-electron chi connectivity index (χ3n) is 1.42. The van der Waals surface area contributed by atoms with Gasteiger partial charge in [0.05, 0.1) is 7.11 Å². The summed E-state index contributed by atoms with van der Waals surface area (Å²) >= 11 is 0. The van der Waals surface area contributed by atoms with Crippen LogP contribution in [0, 0.1) is 0 Å². The molecule has 0 aliphatic heterocycles. The van der Waals surface area contributed by atoms with Crippen LogP contribution in [0.15, 0.2) is 36.4 Å². The molecule has 2 nitrogen and oxygen atoms in total. The Balaban J connectivity index is 2.74. The van der Waals surface area contributed by atoms with Crippen molar-refractivity contribution in [3.63, 3.8) is 0 Å². The first kappa shape index (κ1) is 10.4. The van der Waals surface area contributed by atoms with E-state index in [0.29, 0.717) is 5.75 Å². The molecule has 0 unspecified atom stereocenters. The topological polar surface area (TPSA) is 18.5 Å². The van der Waals surface area contributed by atoms with Gasteiger partial charge in [0.25, 0.3) is 0 Å². The van der Waals surface area contributed by atoms with Crippen molar-refractivity contribution in [2.75, 3.05) is 7.11 Å². The van der Waals surface area contributed by atoms with E-state index in [1.165, 1.54) is 31.4 Å². The van der Waals surface area contributed by atoms with Gasteiger partial charge in [0.1, 0.15) is 11.5 Å². The molecule has 5 heteroatoms. The highest BCUT2D eigenvalue weighted by atomic mass is 19.3. The first-order valence-electron chi connectivity index (χ1n) is 3.66. The van der Waals surface area contributed by atoms with E-state index in [9.17, 15) is 13.2 Å². The first-order valence-corrected chi connectivity index (χ1v) is 3.66. The van der Waals surface area contributed by atoms with Crippen LogP contribution >= 0.6 is 0 Å². The minimum atomic E-state index is -2.49. The molecule has 76 valence electrons. The van der Waals surface area contributed by atoms with E-state index in [1.807, 2.05) is 0 Å². The van der Waals surface area contributed by atoms with Gasteiger partial charge in [-0.15, -0.1) is 0 Å². The van der Waals surface area contributed by atoms with Crippen molar-refractivity contribution < 1.29 is 22.6 Å². The first-order chi connectivity index (χ1) is 6.63. The third-order valence-corrected chi connectivity index (χ3v) is 1.42. The number of ether oxygens (including phenoxy) is 2. The van der Waals surface area contributed by atoms with Crippen LogP contribution in [0.25, 0.3) is 0 Å². The number of halogens is 3. The quantitative estimate of drug-likeness (QED) is 0.704. The summed E-state index contributed by atoms with van der Waals surface area (Å²) < 4.78 is 44.5. The van der Waals surface area contributed by atoms with E-state index in [-0.39, 0.29) is 5.75 Å². The van der Waals surface area contributed by atoms with Crippen LogP contribution in [-0.4, -0.2) is 7.11 Å². The lowest BCUT2D eigenvalue weighted by atomic mass is 10.3. The zero-order valence-electron chi connectivity index (χ0n) is 7.26. The van der Waals surface area contributed by atoms with Crippen LogP contribution in [0.2, 0.25) is 0 Å². The summed E-state index contributed by atoms with van der Waals surface area (Å²) in [6.45, 7) is 0. The number of methoxy groups -OCH3 is 1. The monoisotopic (exact) mass is 204 g/mol. The fraction of sp³-hybridized carbons (Fsp3) is 0.111. The van der Waals surface area contributed by atoms with E-state index in [4.69, 9.17) is 4.74 Å². The summed E-state index contributed by atoms with van der Waals surface area (Å²) in [7, 11) is 1.46. The molecule has 0 radical (unpaired) electrons. The predicted molar refractivity (Wildman–Crippen MR) is 44.0 cm³/mol. The smallest absolute Gasteiger partial charge is 0.344 e. The summed E-state index contributed by atoms with van der Waals surface area (Å²) in [4.78, 5) is 0. The number of hydrogen-bond acceptors (Lipinski definition) is 2. The maximum atomic E-state index is 12.3. The van der Waals surface area contributed by atoms with E-state index >= 15 is 0 Å². The Morgan fingerprint density at radius 2 is 1.50 bits per heavy atom. The molecule has 0 aromatic heterocycles.